The van der Waals surface area contributed by atoms with Gasteiger partial charge in [0.2, 0.25) is 0 Å². The Kier molecular flexibility index (Phi) is 4.44. The molecule has 0 N–H and O–H groups in total. The molecule has 0 aliphatic rings. The minimum Gasteiger partial charge on any atom is -0.248 e. The third-order valence-corrected chi connectivity index (χ3v) is 4.36. The molecular formula is C20H20ClN. The Bertz CT molecular complexity index is 795. The van der Waals surface area contributed by atoms with Gasteiger partial charge >= 0.3 is 0 Å². The molecule has 0 saturated carbocycles. The van der Waals surface area contributed by atoms with Gasteiger partial charge in [0.25, 0.3) is 0 Å². The number of hydrogen-bond donors (Lipinski definition) is 0. The standard InChI is InChI=1S/C20H20ClN/c1-3-7-14(2)18-13-20(15-8-6-9-16(21)12-15)22-19-11-5-4-10-17(18)19/h4-6,8-14H,3,7H2,1-2H3. The summed E-state index contributed by atoms with van der Waals surface area (Å²) in [6, 6.07) is 18.5. The van der Waals surface area contributed by atoms with Gasteiger partial charge in [-0.15, -0.1) is 0 Å². The van der Waals surface area contributed by atoms with E-state index in [2.05, 4.69) is 44.2 Å². The number of para-hydroxylation sites is 1. The van der Waals surface area contributed by atoms with Gasteiger partial charge in [-0.2, -0.15) is 0 Å². The lowest BCUT2D eigenvalue weighted by Gasteiger charge is -2.15. The number of aromatic nitrogens is 1. The predicted molar refractivity (Wildman–Crippen MR) is 95.5 cm³/mol. The largest absolute Gasteiger partial charge is 0.248 e. The summed E-state index contributed by atoms with van der Waals surface area (Å²) < 4.78 is 0. The summed E-state index contributed by atoms with van der Waals surface area (Å²) in [5, 5.41) is 2.00. The first-order valence-electron chi connectivity index (χ1n) is 7.84. The van der Waals surface area contributed by atoms with Gasteiger partial charge in [0.1, 0.15) is 0 Å². The average Bonchev–Trinajstić information content (AvgIpc) is 2.54. The van der Waals surface area contributed by atoms with Crippen LogP contribution >= 0.6 is 11.6 Å². The molecular weight excluding hydrogens is 290 g/mol. The van der Waals surface area contributed by atoms with Crippen molar-refractivity contribution in [2.45, 2.75) is 32.6 Å². The van der Waals surface area contributed by atoms with E-state index in [1.807, 2.05) is 24.3 Å². The van der Waals surface area contributed by atoms with Crippen LogP contribution in [0.1, 0.15) is 38.2 Å². The van der Waals surface area contributed by atoms with Crippen LogP contribution in [-0.4, -0.2) is 4.98 Å². The molecule has 0 amide bonds. The fraction of sp³-hybridized carbons (Fsp3) is 0.250. The van der Waals surface area contributed by atoms with Crippen LogP contribution in [0.5, 0.6) is 0 Å². The summed E-state index contributed by atoms with van der Waals surface area (Å²) in [4.78, 5) is 4.83. The highest BCUT2D eigenvalue weighted by Crippen LogP contribution is 2.32. The Morgan fingerprint density at radius 3 is 2.64 bits per heavy atom. The maximum atomic E-state index is 6.14. The fourth-order valence-corrected chi connectivity index (χ4v) is 3.18. The van der Waals surface area contributed by atoms with E-state index in [-0.39, 0.29) is 0 Å². The number of hydrogen-bond acceptors (Lipinski definition) is 1. The second-order valence-electron chi connectivity index (χ2n) is 5.81. The zero-order chi connectivity index (χ0) is 15.5. The van der Waals surface area contributed by atoms with Crippen LogP contribution in [0.3, 0.4) is 0 Å². The lowest BCUT2D eigenvalue weighted by atomic mass is 9.92. The second kappa shape index (κ2) is 6.50. The molecule has 1 aromatic heterocycles. The molecule has 22 heavy (non-hydrogen) atoms. The third-order valence-electron chi connectivity index (χ3n) is 4.12. The molecule has 0 saturated heterocycles. The molecule has 1 unspecified atom stereocenters. The monoisotopic (exact) mass is 309 g/mol. The van der Waals surface area contributed by atoms with Gasteiger partial charge in [-0.25, -0.2) is 4.98 Å². The minimum atomic E-state index is 0.524. The minimum absolute atomic E-state index is 0.524. The molecule has 0 aliphatic carbocycles. The highest BCUT2D eigenvalue weighted by Gasteiger charge is 2.12. The molecule has 1 nitrogen and oxygen atoms in total. The van der Waals surface area contributed by atoms with Crippen LogP contribution in [0.25, 0.3) is 22.2 Å². The molecule has 0 spiro atoms. The Balaban J connectivity index is 2.20. The van der Waals surface area contributed by atoms with Crippen molar-refractivity contribution in [2.24, 2.45) is 0 Å². The first-order chi connectivity index (χ1) is 10.7. The topological polar surface area (TPSA) is 12.9 Å². The van der Waals surface area contributed by atoms with E-state index in [4.69, 9.17) is 16.6 Å². The van der Waals surface area contributed by atoms with Gasteiger partial charge in [-0.05, 0) is 42.2 Å². The van der Waals surface area contributed by atoms with Crippen LogP contribution in [-0.2, 0) is 0 Å². The van der Waals surface area contributed by atoms with E-state index in [0.717, 1.165) is 21.8 Å². The summed E-state index contributed by atoms with van der Waals surface area (Å²) in [5.41, 5.74) is 4.50. The maximum absolute atomic E-state index is 6.14. The van der Waals surface area contributed by atoms with Crippen LogP contribution in [0.4, 0.5) is 0 Å². The zero-order valence-corrected chi connectivity index (χ0v) is 13.8. The second-order valence-corrected chi connectivity index (χ2v) is 6.25. The maximum Gasteiger partial charge on any atom is 0.0713 e. The molecule has 0 radical (unpaired) electrons. The first kappa shape index (κ1) is 15.1. The smallest absolute Gasteiger partial charge is 0.0713 e. The molecule has 0 fully saturated rings. The van der Waals surface area contributed by atoms with Crippen molar-refractivity contribution in [3.63, 3.8) is 0 Å². The van der Waals surface area contributed by atoms with Gasteiger partial charge in [0.05, 0.1) is 11.2 Å². The van der Waals surface area contributed by atoms with E-state index < -0.39 is 0 Å². The fourth-order valence-electron chi connectivity index (χ4n) is 2.99. The highest BCUT2D eigenvalue weighted by molar-refractivity contribution is 6.30. The predicted octanol–water partition coefficient (Wildman–Crippen LogP) is 6.46. The summed E-state index contributed by atoms with van der Waals surface area (Å²) >= 11 is 6.14. The van der Waals surface area contributed by atoms with Crippen LogP contribution < -0.4 is 0 Å². The van der Waals surface area contributed by atoms with Crippen molar-refractivity contribution in [3.8, 4) is 11.3 Å². The molecule has 2 aromatic carbocycles. The number of halogens is 1. The molecule has 3 aromatic rings. The van der Waals surface area contributed by atoms with E-state index >= 15 is 0 Å². The van der Waals surface area contributed by atoms with Gasteiger partial charge in [0.15, 0.2) is 0 Å². The average molecular weight is 310 g/mol. The number of benzene rings is 2. The SMILES string of the molecule is CCCC(C)c1cc(-c2cccc(Cl)c2)nc2ccccc12. The quantitative estimate of drug-likeness (QED) is 0.539. The molecule has 2 heteroatoms. The molecule has 3 rings (SSSR count). The molecule has 1 atom stereocenters. The number of pyridine rings is 1. The number of fused-ring (bicyclic) bond motifs is 1. The lowest BCUT2D eigenvalue weighted by molar-refractivity contribution is 0.669. The highest BCUT2D eigenvalue weighted by atomic mass is 35.5. The van der Waals surface area contributed by atoms with Gasteiger partial charge in [-0.3, -0.25) is 0 Å². The Hall–Kier alpha value is -1.86. The Morgan fingerprint density at radius 2 is 1.86 bits per heavy atom. The molecule has 1 heterocycles. The lowest BCUT2D eigenvalue weighted by Crippen LogP contribution is -1.97. The van der Waals surface area contributed by atoms with Crippen molar-refractivity contribution in [2.75, 3.05) is 0 Å². The van der Waals surface area contributed by atoms with Crippen molar-refractivity contribution in [3.05, 3.63) is 65.2 Å². The summed E-state index contributed by atoms with van der Waals surface area (Å²) in [7, 11) is 0. The van der Waals surface area contributed by atoms with Crippen molar-refractivity contribution >= 4 is 22.5 Å². The Morgan fingerprint density at radius 1 is 1.05 bits per heavy atom. The summed E-state index contributed by atoms with van der Waals surface area (Å²) in [6.45, 7) is 4.53. The molecule has 112 valence electrons. The molecule has 0 aliphatic heterocycles. The van der Waals surface area contributed by atoms with Gasteiger partial charge < -0.3 is 0 Å². The van der Waals surface area contributed by atoms with Crippen LogP contribution in [0.2, 0.25) is 5.02 Å². The van der Waals surface area contributed by atoms with E-state index in [0.29, 0.717) is 5.92 Å². The number of rotatable bonds is 4. The Labute approximate surface area is 137 Å². The van der Waals surface area contributed by atoms with E-state index in [1.165, 1.54) is 23.8 Å². The third kappa shape index (κ3) is 3.00. The van der Waals surface area contributed by atoms with Gasteiger partial charge in [0, 0.05) is 16.0 Å². The van der Waals surface area contributed by atoms with Gasteiger partial charge in [-0.1, -0.05) is 62.2 Å². The van der Waals surface area contributed by atoms with Crippen LogP contribution in [0.15, 0.2) is 54.6 Å². The van der Waals surface area contributed by atoms with Crippen molar-refractivity contribution in [1.82, 2.24) is 4.98 Å². The van der Waals surface area contributed by atoms with Crippen molar-refractivity contribution in [1.29, 1.82) is 0 Å². The van der Waals surface area contributed by atoms with Crippen molar-refractivity contribution < 1.29 is 0 Å². The first-order valence-corrected chi connectivity index (χ1v) is 8.22. The van der Waals surface area contributed by atoms with Crippen LogP contribution in [0, 0.1) is 0 Å². The zero-order valence-electron chi connectivity index (χ0n) is 13.0. The number of nitrogens with zero attached hydrogens (tertiary/aromatic N) is 1. The van der Waals surface area contributed by atoms with E-state index in [9.17, 15) is 0 Å². The summed E-state index contributed by atoms with van der Waals surface area (Å²) in [6.07, 6.45) is 2.37. The van der Waals surface area contributed by atoms with E-state index in [1.54, 1.807) is 0 Å². The summed E-state index contributed by atoms with van der Waals surface area (Å²) in [5.74, 6) is 0.524. The molecule has 0 bridgehead atoms. The normalized spacial score (nSPS) is 12.5.